The zero-order chi connectivity index (χ0) is 22.6. The number of rotatable bonds is 2. The summed E-state index contributed by atoms with van der Waals surface area (Å²) in [5, 5.41) is -0.746. The van der Waals surface area contributed by atoms with Gasteiger partial charge in [0.15, 0.2) is 0 Å². The van der Waals surface area contributed by atoms with Crippen molar-refractivity contribution in [1.82, 2.24) is 0 Å². The van der Waals surface area contributed by atoms with Gasteiger partial charge in [0.1, 0.15) is 5.82 Å². The molecule has 0 heterocycles. The van der Waals surface area contributed by atoms with E-state index < -0.39 is 66.9 Å². The van der Waals surface area contributed by atoms with Crippen molar-refractivity contribution < 1.29 is 48.3 Å². The van der Waals surface area contributed by atoms with E-state index in [4.69, 9.17) is 11.6 Å². The van der Waals surface area contributed by atoms with Gasteiger partial charge in [0.25, 0.3) is 0 Å². The maximum atomic E-state index is 14.7. The molecule has 0 aliphatic carbocycles. The normalized spacial score (nSPS) is 13.7. The zero-order valence-electron chi connectivity index (χ0n) is 13.2. The zero-order valence-corrected chi connectivity index (χ0v) is 16.1. The van der Waals surface area contributed by atoms with E-state index >= 15 is 0 Å². The molecule has 0 spiro atoms. The molecule has 13 heteroatoms. The Labute approximate surface area is 173 Å². The number of hydrogen-bond acceptors (Lipinski definition) is 0. The van der Waals surface area contributed by atoms with Crippen molar-refractivity contribution in [2.45, 2.75) is 24.2 Å². The van der Waals surface area contributed by atoms with Crippen LogP contribution in [-0.2, 0) is 11.8 Å². The lowest BCUT2D eigenvalue weighted by molar-refractivity contribution is -0.348. The first-order valence-corrected chi connectivity index (χ1v) is 8.48. The van der Waals surface area contributed by atoms with Gasteiger partial charge in [-0.05, 0) is 46.9 Å². The Morgan fingerprint density at radius 1 is 0.828 bits per heavy atom. The first kappa shape index (κ1) is 24.0. The fourth-order valence-corrected chi connectivity index (χ4v) is 3.53. The van der Waals surface area contributed by atoms with Crippen LogP contribution in [0.2, 0.25) is 5.02 Å². The van der Waals surface area contributed by atoms with E-state index in [0.717, 1.165) is 22.6 Å². The van der Waals surface area contributed by atoms with Crippen LogP contribution in [0.5, 0.6) is 0 Å². The van der Waals surface area contributed by atoms with E-state index in [2.05, 4.69) is 0 Å². The van der Waals surface area contributed by atoms with Gasteiger partial charge in [-0.15, -0.1) is 0 Å². The second-order valence-electron chi connectivity index (χ2n) is 5.56. The lowest BCUT2D eigenvalue weighted by atomic mass is 9.85. The molecule has 29 heavy (non-hydrogen) atoms. The van der Waals surface area contributed by atoms with Crippen molar-refractivity contribution in [3.8, 4) is 11.1 Å². The van der Waals surface area contributed by atoms with Gasteiger partial charge in [-0.1, -0.05) is 11.6 Å². The standard InChI is InChI=1S/C16H4ClF11I/c17-10-5-7(18)1-2-8(10)12-9(3-6(4-11(12)29)14(20,21)22)13(19,15(23,24)25)16(26,27)28/h1-3,5H. The van der Waals surface area contributed by atoms with Gasteiger partial charge in [0, 0.05) is 26.3 Å². The monoisotopic (exact) mass is 567 g/mol. The average molecular weight is 568 g/mol. The fourth-order valence-electron chi connectivity index (χ4n) is 2.40. The smallest absolute Gasteiger partial charge is 0.218 e. The number of benzene rings is 2. The highest BCUT2D eigenvalue weighted by Crippen LogP contribution is 2.57. The van der Waals surface area contributed by atoms with Gasteiger partial charge in [0.05, 0.1) is 10.6 Å². The summed E-state index contributed by atoms with van der Waals surface area (Å²) in [7, 11) is 0. The summed E-state index contributed by atoms with van der Waals surface area (Å²) in [6.45, 7) is 0. The highest BCUT2D eigenvalue weighted by atomic mass is 127. The number of alkyl halides is 10. The van der Waals surface area contributed by atoms with Crippen LogP contribution in [-0.4, -0.2) is 12.4 Å². The Bertz CT molecular complexity index is 914. The van der Waals surface area contributed by atoms with Gasteiger partial charge in [-0.2, -0.15) is 39.5 Å². The summed E-state index contributed by atoms with van der Waals surface area (Å²) >= 11 is 6.62. The lowest BCUT2D eigenvalue weighted by Gasteiger charge is -2.33. The summed E-state index contributed by atoms with van der Waals surface area (Å²) in [6, 6.07) is 2.65. The lowest BCUT2D eigenvalue weighted by Crippen LogP contribution is -2.51. The predicted molar refractivity (Wildman–Crippen MR) is 88.3 cm³/mol. The highest BCUT2D eigenvalue weighted by Gasteiger charge is 2.74. The Morgan fingerprint density at radius 3 is 1.76 bits per heavy atom. The Kier molecular flexibility index (Phi) is 6.14. The molecule has 1 radical (unpaired) electrons. The molecule has 0 bridgehead atoms. The van der Waals surface area contributed by atoms with E-state index in [1.165, 1.54) is 0 Å². The average Bonchev–Trinajstić information content (AvgIpc) is 2.51. The van der Waals surface area contributed by atoms with E-state index in [1.807, 2.05) is 0 Å². The molecule has 0 saturated carbocycles. The maximum Gasteiger partial charge on any atom is 0.435 e. The van der Waals surface area contributed by atoms with Crippen molar-refractivity contribution in [3.05, 3.63) is 55.9 Å². The first-order valence-electron chi connectivity index (χ1n) is 7.02. The first-order chi connectivity index (χ1) is 12.9. The summed E-state index contributed by atoms with van der Waals surface area (Å²) < 4.78 is 145. The second-order valence-corrected chi connectivity index (χ2v) is 7.05. The molecule has 0 saturated heterocycles. The molecule has 0 aliphatic rings. The van der Waals surface area contributed by atoms with Gasteiger partial charge in [-0.25, -0.2) is 8.78 Å². The summed E-state index contributed by atoms with van der Waals surface area (Å²) in [6.07, 6.45) is -18.8. The van der Waals surface area contributed by atoms with E-state index in [1.54, 1.807) is 6.07 Å². The molecule has 0 aromatic heterocycles. The molecule has 2 aromatic carbocycles. The molecule has 0 N–H and O–H groups in total. The third-order valence-corrected chi connectivity index (χ3v) is 4.80. The van der Waals surface area contributed by atoms with Crippen molar-refractivity contribution in [1.29, 1.82) is 0 Å². The SMILES string of the molecule is Fc1ccc(-c2c(I)[c]c(C(F)(F)F)cc2C(F)(C(F)(F)F)C(F)(F)F)c(Cl)c1. The summed E-state index contributed by atoms with van der Waals surface area (Å²) in [5.74, 6) is -1.04. The highest BCUT2D eigenvalue weighted by molar-refractivity contribution is 14.1. The van der Waals surface area contributed by atoms with Gasteiger partial charge < -0.3 is 0 Å². The molecular formula is C16H4ClF11I. The van der Waals surface area contributed by atoms with Crippen molar-refractivity contribution >= 4 is 34.2 Å². The summed E-state index contributed by atoms with van der Waals surface area (Å²) in [4.78, 5) is 0. The molecule has 0 atom stereocenters. The van der Waals surface area contributed by atoms with Crippen molar-refractivity contribution in [3.63, 3.8) is 0 Å². The number of hydrogen-bond donors (Lipinski definition) is 0. The molecule has 0 unspecified atom stereocenters. The van der Waals surface area contributed by atoms with Gasteiger partial charge in [-0.3, -0.25) is 0 Å². The van der Waals surface area contributed by atoms with Gasteiger partial charge in [0.2, 0.25) is 0 Å². The maximum absolute atomic E-state index is 14.7. The molecule has 2 rings (SSSR count). The molecule has 0 fully saturated rings. The third kappa shape index (κ3) is 4.28. The Morgan fingerprint density at radius 2 is 1.34 bits per heavy atom. The summed E-state index contributed by atoms with van der Waals surface area (Å²) in [5.41, 5.74) is -12.6. The van der Waals surface area contributed by atoms with Crippen LogP contribution in [0.25, 0.3) is 11.1 Å². The minimum atomic E-state index is -6.68. The van der Waals surface area contributed by atoms with Crippen molar-refractivity contribution in [2.24, 2.45) is 0 Å². The van der Waals surface area contributed by atoms with Gasteiger partial charge >= 0.3 is 24.2 Å². The quantitative estimate of drug-likeness (QED) is 0.256. The molecule has 0 amide bonds. The molecule has 2 aromatic rings. The van der Waals surface area contributed by atoms with Crippen LogP contribution in [0.1, 0.15) is 11.1 Å². The Hall–Kier alpha value is -1.31. The van der Waals surface area contributed by atoms with Crippen LogP contribution in [0, 0.1) is 15.5 Å². The molecule has 0 nitrogen and oxygen atoms in total. The molecule has 159 valence electrons. The predicted octanol–water partition coefficient (Wildman–Crippen LogP) is 7.86. The fraction of sp³-hybridized carbons (Fsp3) is 0.250. The number of halogens is 13. The van der Waals surface area contributed by atoms with Crippen LogP contribution in [0.3, 0.4) is 0 Å². The van der Waals surface area contributed by atoms with Crippen LogP contribution in [0.15, 0.2) is 24.3 Å². The van der Waals surface area contributed by atoms with E-state index in [-0.39, 0.29) is 0 Å². The molecular weight excluding hydrogens is 564 g/mol. The largest absolute Gasteiger partial charge is 0.435 e. The van der Waals surface area contributed by atoms with E-state index in [0.29, 0.717) is 18.2 Å². The van der Waals surface area contributed by atoms with E-state index in [9.17, 15) is 48.3 Å². The Balaban J connectivity index is 3.07. The van der Waals surface area contributed by atoms with Crippen molar-refractivity contribution in [2.75, 3.05) is 0 Å². The minimum absolute atomic E-state index is 0.496. The molecule has 0 aliphatic heterocycles. The third-order valence-electron chi connectivity index (χ3n) is 3.68. The van der Waals surface area contributed by atoms with Crippen LogP contribution < -0.4 is 0 Å². The second kappa shape index (κ2) is 7.43. The van der Waals surface area contributed by atoms with Crippen LogP contribution in [0.4, 0.5) is 48.3 Å². The minimum Gasteiger partial charge on any atom is -0.218 e. The topological polar surface area (TPSA) is 0 Å². The van der Waals surface area contributed by atoms with Crippen LogP contribution >= 0.6 is 34.2 Å².